The van der Waals surface area contributed by atoms with E-state index in [1.54, 1.807) is 0 Å². The molecule has 1 aliphatic rings. The van der Waals surface area contributed by atoms with Gasteiger partial charge in [-0.15, -0.1) is 0 Å². The van der Waals surface area contributed by atoms with Crippen molar-refractivity contribution >= 4 is 11.6 Å². The minimum atomic E-state index is 0.634. The molecule has 1 aromatic carbocycles. The van der Waals surface area contributed by atoms with Gasteiger partial charge in [-0.3, -0.25) is 0 Å². The van der Waals surface area contributed by atoms with Gasteiger partial charge in [0, 0.05) is 17.0 Å². The van der Waals surface area contributed by atoms with Gasteiger partial charge in [-0.05, 0) is 55.5 Å². The largest absolute Gasteiger partial charge is 0.313 e. The highest BCUT2D eigenvalue weighted by atomic mass is 35.5. The van der Waals surface area contributed by atoms with Gasteiger partial charge in [0.25, 0.3) is 0 Å². The van der Waals surface area contributed by atoms with E-state index < -0.39 is 0 Å². The molecular formula is C15H22ClN. The zero-order chi connectivity index (χ0) is 12.4. The lowest BCUT2D eigenvalue weighted by Gasteiger charge is -2.23. The molecule has 2 unspecified atom stereocenters. The van der Waals surface area contributed by atoms with Crippen molar-refractivity contribution in [2.24, 2.45) is 5.92 Å². The van der Waals surface area contributed by atoms with Gasteiger partial charge >= 0.3 is 0 Å². The number of benzene rings is 1. The second kappa shape index (κ2) is 5.41. The van der Waals surface area contributed by atoms with E-state index in [9.17, 15) is 0 Å². The minimum Gasteiger partial charge on any atom is -0.313 e. The maximum Gasteiger partial charge on any atom is 0.0408 e. The molecule has 0 aliphatic carbocycles. The van der Waals surface area contributed by atoms with Crippen LogP contribution in [0.2, 0.25) is 5.02 Å². The number of aryl methyl sites for hydroxylation is 1. The van der Waals surface area contributed by atoms with Crippen LogP contribution in [0.15, 0.2) is 18.2 Å². The molecule has 1 saturated heterocycles. The van der Waals surface area contributed by atoms with Crippen LogP contribution in [0.25, 0.3) is 0 Å². The van der Waals surface area contributed by atoms with Crippen LogP contribution in [-0.2, 0) is 0 Å². The van der Waals surface area contributed by atoms with Crippen molar-refractivity contribution < 1.29 is 0 Å². The van der Waals surface area contributed by atoms with E-state index in [0.717, 1.165) is 17.5 Å². The van der Waals surface area contributed by atoms with Crippen LogP contribution in [0, 0.1) is 12.8 Å². The molecule has 1 fully saturated rings. The molecule has 0 amide bonds. The second-order valence-corrected chi connectivity index (χ2v) is 6.02. The zero-order valence-corrected chi connectivity index (χ0v) is 11.7. The van der Waals surface area contributed by atoms with Crippen molar-refractivity contribution in [3.63, 3.8) is 0 Å². The predicted octanol–water partition coefficient (Wildman–Crippen LogP) is 4.14. The van der Waals surface area contributed by atoms with Crippen LogP contribution < -0.4 is 5.32 Å². The average molecular weight is 252 g/mol. The first kappa shape index (κ1) is 12.9. The first-order valence-corrected chi connectivity index (χ1v) is 6.95. The van der Waals surface area contributed by atoms with E-state index in [0.29, 0.717) is 12.0 Å². The Bertz CT molecular complexity index is 387. The van der Waals surface area contributed by atoms with Crippen molar-refractivity contribution in [3.05, 3.63) is 34.3 Å². The monoisotopic (exact) mass is 251 g/mol. The summed E-state index contributed by atoms with van der Waals surface area (Å²) in [5.74, 6) is 1.41. The number of nitrogens with one attached hydrogen (secondary N) is 1. The standard InChI is InChI=1S/C15H22ClN/c1-10(2)8-15-14(6-7-17-15)13-5-4-12(16)9-11(13)3/h4-5,9-10,14-15,17H,6-8H2,1-3H3. The summed E-state index contributed by atoms with van der Waals surface area (Å²) >= 11 is 6.03. The summed E-state index contributed by atoms with van der Waals surface area (Å²) in [6.07, 6.45) is 2.51. The molecular weight excluding hydrogens is 230 g/mol. The van der Waals surface area contributed by atoms with Gasteiger partial charge in [0.15, 0.2) is 0 Å². The third-order valence-electron chi connectivity index (χ3n) is 3.70. The maximum absolute atomic E-state index is 6.03. The number of hydrogen-bond acceptors (Lipinski definition) is 1. The highest BCUT2D eigenvalue weighted by molar-refractivity contribution is 6.30. The molecule has 0 saturated carbocycles. The summed E-state index contributed by atoms with van der Waals surface area (Å²) in [4.78, 5) is 0. The molecule has 0 radical (unpaired) electrons. The molecule has 0 spiro atoms. The quantitative estimate of drug-likeness (QED) is 0.852. The van der Waals surface area contributed by atoms with Gasteiger partial charge in [-0.2, -0.15) is 0 Å². The first-order chi connectivity index (χ1) is 8.08. The third-order valence-corrected chi connectivity index (χ3v) is 3.94. The van der Waals surface area contributed by atoms with Gasteiger partial charge < -0.3 is 5.32 Å². The Hall–Kier alpha value is -0.530. The highest BCUT2D eigenvalue weighted by Gasteiger charge is 2.29. The Kier molecular flexibility index (Phi) is 4.11. The molecule has 1 aliphatic heterocycles. The zero-order valence-electron chi connectivity index (χ0n) is 11.0. The van der Waals surface area contributed by atoms with Gasteiger partial charge in [0.1, 0.15) is 0 Å². The van der Waals surface area contributed by atoms with Crippen molar-refractivity contribution in [2.45, 2.75) is 45.6 Å². The van der Waals surface area contributed by atoms with Crippen LogP contribution in [0.5, 0.6) is 0 Å². The van der Waals surface area contributed by atoms with E-state index in [4.69, 9.17) is 11.6 Å². The van der Waals surface area contributed by atoms with Gasteiger partial charge in [0.05, 0.1) is 0 Å². The summed E-state index contributed by atoms with van der Waals surface area (Å²) in [7, 11) is 0. The summed E-state index contributed by atoms with van der Waals surface area (Å²) < 4.78 is 0. The highest BCUT2D eigenvalue weighted by Crippen LogP contribution is 2.33. The van der Waals surface area contributed by atoms with Crippen molar-refractivity contribution in [3.8, 4) is 0 Å². The fourth-order valence-corrected chi connectivity index (χ4v) is 3.18. The van der Waals surface area contributed by atoms with Crippen molar-refractivity contribution in [1.82, 2.24) is 5.32 Å². The minimum absolute atomic E-state index is 0.634. The van der Waals surface area contributed by atoms with E-state index in [1.807, 2.05) is 6.07 Å². The SMILES string of the molecule is Cc1cc(Cl)ccc1C1CCNC1CC(C)C. The first-order valence-electron chi connectivity index (χ1n) is 6.57. The molecule has 1 nitrogen and oxygen atoms in total. The summed E-state index contributed by atoms with van der Waals surface area (Å²) in [5, 5.41) is 4.49. The Morgan fingerprint density at radius 3 is 2.82 bits per heavy atom. The van der Waals surface area contributed by atoms with E-state index in [2.05, 4.69) is 38.2 Å². The number of rotatable bonds is 3. The van der Waals surface area contributed by atoms with Crippen LogP contribution in [0.4, 0.5) is 0 Å². The fraction of sp³-hybridized carbons (Fsp3) is 0.600. The Morgan fingerprint density at radius 1 is 1.41 bits per heavy atom. The molecule has 0 aromatic heterocycles. The molecule has 1 heterocycles. The molecule has 17 heavy (non-hydrogen) atoms. The Balaban J connectivity index is 2.20. The van der Waals surface area contributed by atoms with Crippen LogP contribution >= 0.6 is 11.6 Å². The normalized spacial score (nSPS) is 24.5. The van der Waals surface area contributed by atoms with Gasteiger partial charge in [-0.1, -0.05) is 31.5 Å². The van der Waals surface area contributed by atoms with E-state index >= 15 is 0 Å². The van der Waals surface area contributed by atoms with Gasteiger partial charge in [0.2, 0.25) is 0 Å². The second-order valence-electron chi connectivity index (χ2n) is 5.59. The molecule has 2 atom stereocenters. The van der Waals surface area contributed by atoms with E-state index in [1.165, 1.54) is 24.0 Å². The molecule has 0 bridgehead atoms. The van der Waals surface area contributed by atoms with Crippen molar-refractivity contribution in [2.75, 3.05) is 6.54 Å². The smallest absolute Gasteiger partial charge is 0.0408 e. The predicted molar refractivity (Wildman–Crippen MR) is 74.8 cm³/mol. The lowest BCUT2D eigenvalue weighted by molar-refractivity contribution is 0.433. The molecule has 2 rings (SSSR count). The van der Waals surface area contributed by atoms with Crippen LogP contribution in [0.1, 0.15) is 43.7 Å². The van der Waals surface area contributed by atoms with E-state index in [-0.39, 0.29) is 0 Å². The average Bonchev–Trinajstić information content (AvgIpc) is 2.65. The van der Waals surface area contributed by atoms with Crippen LogP contribution in [0.3, 0.4) is 0 Å². The lowest BCUT2D eigenvalue weighted by Crippen LogP contribution is -2.27. The fourth-order valence-electron chi connectivity index (χ4n) is 2.95. The topological polar surface area (TPSA) is 12.0 Å². The Morgan fingerprint density at radius 2 is 2.18 bits per heavy atom. The van der Waals surface area contributed by atoms with Crippen LogP contribution in [-0.4, -0.2) is 12.6 Å². The third kappa shape index (κ3) is 3.02. The number of hydrogen-bond donors (Lipinski definition) is 1. The summed E-state index contributed by atoms with van der Waals surface area (Å²) in [6.45, 7) is 7.91. The Labute approximate surface area is 110 Å². The molecule has 1 aromatic rings. The van der Waals surface area contributed by atoms with Crippen molar-refractivity contribution in [1.29, 1.82) is 0 Å². The number of halogens is 1. The molecule has 1 N–H and O–H groups in total. The molecule has 2 heteroatoms. The summed E-state index contributed by atoms with van der Waals surface area (Å²) in [6, 6.07) is 6.95. The van der Waals surface area contributed by atoms with Gasteiger partial charge in [-0.25, -0.2) is 0 Å². The maximum atomic E-state index is 6.03. The lowest BCUT2D eigenvalue weighted by atomic mass is 9.85. The summed E-state index contributed by atoms with van der Waals surface area (Å²) in [5.41, 5.74) is 2.81. The molecule has 94 valence electrons.